The number of rotatable bonds is 9. The molecule has 0 saturated carbocycles. The van der Waals surface area contributed by atoms with Crippen LogP contribution in [0.2, 0.25) is 0 Å². The zero-order valence-electron chi connectivity index (χ0n) is 21.2. The molecular formula is C29H17F11O2. The molecule has 0 aliphatic rings. The monoisotopic (exact) mass is 606 g/mol. The van der Waals surface area contributed by atoms with Crippen molar-refractivity contribution in [2.45, 2.75) is 32.0 Å². The number of hydrogen-bond donors (Lipinski definition) is 0. The molecule has 0 radical (unpaired) electrons. The van der Waals surface area contributed by atoms with Gasteiger partial charge in [-0.15, -0.1) is 0 Å². The lowest BCUT2D eigenvalue weighted by molar-refractivity contribution is -0.190. The highest BCUT2D eigenvalue weighted by atomic mass is 19.3. The molecule has 0 aliphatic carbocycles. The predicted molar refractivity (Wildman–Crippen MR) is 128 cm³/mol. The number of ether oxygens (including phenoxy) is 2. The molecule has 0 amide bonds. The van der Waals surface area contributed by atoms with Gasteiger partial charge in [-0.3, -0.25) is 0 Å². The minimum atomic E-state index is -4.88. The Balaban J connectivity index is 1.59. The fourth-order valence-corrected chi connectivity index (χ4v) is 4.03. The molecule has 4 rings (SSSR count). The van der Waals surface area contributed by atoms with Crippen molar-refractivity contribution in [3.05, 3.63) is 118 Å². The van der Waals surface area contributed by atoms with E-state index in [1.807, 2.05) is 6.92 Å². The highest BCUT2D eigenvalue weighted by Crippen LogP contribution is 2.39. The van der Waals surface area contributed by atoms with Crippen molar-refractivity contribution in [1.82, 2.24) is 0 Å². The summed E-state index contributed by atoms with van der Waals surface area (Å²) >= 11 is 0. The van der Waals surface area contributed by atoms with E-state index < -0.39 is 86.7 Å². The van der Waals surface area contributed by atoms with Crippen LogP contribution in [0.1, 0.15) is 30.0 Å². The van der Waals surface area contributed by atoms with Gasteiger partial charge in [0.05, 0.1) is 5.56 Å². The minimum absolute atomic E-state index is 0.0227. The van der Waals surface area contributed by atoms with Crippen LogP contribution in [0.3, 0.4) is 0 Å². The standard InChI is InChI=1S/C29H17F11O2/c1-2-3-14-4-7-19(21(31)8-14)28(37,38)41-16-5-6-18(20(30)11-16)15-9-22(32)26(23(33)10-15)29(39,40)42-17-12-24(34)27(36)25(35)13-17/h4-13H,2-3H2,1H3. The van der Waals surface area contributed by atoms with E-state index in [-0.39, 0.29) is 24.3 Å². The highest BCUT2D eigenvalue weighted by molar-refractivity contribution is 5.66. The molecule has 0 aromatic heterocycles. The van der Waals surface area contributed by atoms with Gasteiger partial charge in [-0.05, 0) is 53.9 Å². The maximum atomic E-state index is 14.8. The quantitative estimate of drug-likeness (QED) is 0.140. The normalized spacial score (nSPS) is 12.0. The third-order valence-corrected chi connectivity index (χ3v) is 5.92. The highest BCUT2D eigenvalue weighted by Gasteiger charge is 2.42. The van der Waals surface area contributed by atoms with Crippen LogP contribution in [0.4, 0.5) is 48.3 Å². The van der Waals surface area contributed by atoms with Gasteiger partial charge in [0, 0.05) is 23.8 Å². The van der Waals surface area contributed by atoms with Gasteiger partial charge in [0.25, 0.3) is 0 Å². The molecule has 0 saturated heterocycles. The van der Waals surface area contributed by atoms with Gasteiger partial charge in [0.15, 0.2) is 17.5 Å². The number of alkyl halides is 4. The van der Waals surface area contributed by atoms with Gasteiger partial charge in [-0.2, -0.15) is 17.6 Å². The lowest BCUT2D eigenvalue weighted by Crippen LogP contribution is -2.25. The molecule has 0 unspecified atom stereocenters. The Morgan fingerprint density at radius 3 is 1.69 bits per heavy atom. The second kappa shape index (κ2) is 11.5. The molecule has 0 aliphatic heterocycles. The third kappa shape index (κ3) is 6.29. The first-order valence-corrected chi connectivity index (χ1v) is 12.0. The summed E-state index contributed by atoms with van der Waals surface area (Å²) in [6.07, 6.45) is -8.04. The minimum Gasteiger partial charge on any atom is -0.429 e. The van der Waals surface area contributed by atoms with Crippen LogP contribution in [-0.2, 0) is 18.6 Å². The topological polar surface area (TPSA) is 18.5 Å². The SMILES string of the molecule is CCCc1ccc(C(F)(F)Oc2ccc(-c3cc(F)c(C(F)(F)Oc4cc(F)c(F)c(F)c4)c(F)c3)c(F)c2)c(F)c1. The molecule has 0 bridgehead atoms. The molecule has 0 N–H and O–H groups in total. The van der Waals surface area contributed by atoms with Crippen molar-refractivity contribution in [3.8, 4) is 22.6 Å². The van der Waals surface area contributed by atoms with Gasteiger partial charge in [-0.25, -0.2) is 30.7 Å². The molecular weight excluding hydrogens is 589 g/mol. The summed E-state index contributed by atoms with van der Waals surface area (Å²) in [5, 5.41) is 0. The Kier molecular flexibility index (Phi) is 8.42. The molecule has 2 nitrogen and oxygen atoms in total. The van der Waals surface area contributed by atoms with E-state index in [0.717, 1.165) is 24.3 Å². The van der Waals surface area contributed by atoms with Crippen LogP contribution >= 0.6 is 0 Å². The van der Waals surface area contributed by atoms with E-state index >= 15 is 0 Å². The van der Waals surface area contributed by atoms with Crippen molar-refractivity contribution in [2.75, 3.05) is 0 Å². The summed E-state index contributed by atoms with van der Waals surface area (Å²) in [6.45, 7) is 1.81. The molecule has 42 heavy (non-hydrogen) atoms. The number of benzene rings is 4. The van der Waals surface area contributed by atoms with E-state index in [2.05, 4.69) is 9.47 Å². The van der Waals surface area contributed by atoms with Crippen molar-refractivity contribution < 1.29 is 57.8 Å². The number of hydrogen-bond acceptors (Lipinski definition) is 2. The van der Waals surface area contributed by atoms with Gasteiger partial charge in [0.1, 0.15) is 40.3 Å². The van der Waals surface area contributed by atoms with E-state index in [1.54, 1.807) is 0 Å². The van der Waals surface area contributed by atoms with Gasteiger partial charge in [0.2, 0.25) is 0 Å². The molecule has 4 aromatic carbocycles. The Bertz CT molecular complexity index is 1590. The van der Waals surface area contributed by atoms with Crippen molar-refractivity contribution in [3.63, 3.8) is 0 Å². The van der Waals surface area contributed by atoms with Crippen LogP contribution < -0.4 is 9.47 Å². The van der Waals surface area contributed by atoms with Crippen molar-refractivity contribution >= 4 is 0 Å². The smallest absolute Gasteiger partial charge is 0.429 e. The lowest BCUT2D eigenvalue weighted by atomic mass is 10.0. The number of aryl methyl sites for hydroxylation is 1. The molecule has 4 aromatic rings. The van der Waals surface area contributed by atoms with E-state index in [0.29, 0.717) is 24.5 Å². The zero-order valence-corrected chi connectivity index (χ0v) is 21.2. The van der Waals surface area contributed by atoms with Crippen LogP contribution in [0.5, 0.6) is 11.5 Å². The summed E-state index contributed by atoms with van der Waals surface area (Å²) in [6, 6.07) is 5.53. The first kappa shape index (κ1) is 30.7. The zero-order chi connectivity index (χ0) is 31.0. The maximum Gasteiger partial charge on any atom is 0.432 e. The van der Waals surface area contributed by atoms with Gasteiger partial charge in [-0.1, -0.05) is 19.4 Å². The molecule has 0 atom stereocenters. The average molecular weight is 606 g/mol. The van der Waals surface area contributed by atoms with Crippen molar-refractivity contribution in [2.24, 2.45) is 0 Å². The summed E-state index contributed by atoms with van der Waals surface area (Å²) < 4.78 is 165. The van der Waals surface area contributed by atoms with Crippen LogP contribution in [0, 0.1) is 40.7 Å². The van der Waals surface area contributed by atoms with Gasteiger partial charge >= 0.3 is 12.2 Å². The molecule has 0 spiro atoms. The van der Waals surface area contributed by atoms with Crippen LogP contribution in [0.15, 0.2) is 60.7 Å². The molecule has 13 heteroatoms. The Labute approximate surface area is 230 Å². The molecule has 0 fully saturated rings. The van der Waals surface area contributed by atoms with Crippen LogP contribution in [-0.4, -0.2) is 0 Å². The number of halogens is 11. The summed E-state index contributed by atoms with van der Waals surface area (Å²) in [5.74, 6) is -14.5. The average Bonchev–Trinajstić information content (AvgIpc) is 2.86. The Morgan fingerprint density at radius 1 is 0.571 bits per heavy atom. The first-order chi connectivity index (χ1) is 19.6. The largest absolute Gasteiger partial charge is 0.432 e. The van der Waals surface area contributed by atoms with Crippen molar-refractivity contribution in [1.29, 1.82) is 0 Å². The molecule has 0 heterocycles. The van der Waals surface area contributed by atoms with E-state index in [1.165, 1.54) is 6.07 Å². The molecule has 222 valence electrons. The fourth-order valence-electron chi connectivity index (χ4n) is 4.03. The second-order valence-corrected chi connectivity index (χ2v) is 8.96. The van der Waals surface area contributed by atoms with E-state index in [9.17, 15) is 48.3 Å². The Hall–Kier alpha value is -4.29. The third-order valence-electron chi connectivity index (χ3n) is 5.92. The second-order valence-electron chi connectivity index (χ2n) is 8.96. The van der Waals surface area contributed by atoms with Crippen LogP contribution in [0.25, 0.3) is 11.1 Å². The summed E-state index contributed by atoms with van der Waals surface area (Å²) in [7, 11) is 0. The predicted octanol–water partition coefficient (Wildman–Crippen LogP) is 9.54. The maximum absolute atomic E-state index is 14.8. The van der Waals surface area contributed by atoms with E-state index in [4.69, 9.17) is 0 Å². The first-order valence-electron chi connectivity index (χ1n) is 12.0. The fraction of sp³-hybridized carbons (Fsp3) is 0.172. The summed E-state index contributed by atoms with van der Waals surface area (Å²) in [5.41, 5.74) is -3.96. The summed E-state index contributed by atoms with van der Waals surface area (Å²) in [4.78, 5) is 0. The Morgan fingerprint density at radius 2 is 1.14 bits per heavy atom. The lowest BCUT2D eigenvalue weighted by Gasteiger charge is -2.21. The van der Waals surface area contributed by atoms with Gasteiger partial charge < -0.3 is 9.47 Å².